The fourth-order valence-corrected chi connectivity index (χ4v) is 2.29. The summed E-state index contributed by atoms with van der Waals surface area (Å²) in [7, 11) is 0. The summed E-state index contributed by atoms with van der Waals surface area (Å²) in [5, 5.41) is 15.2. The van der Waals surface area contributed by atoms with E-state index in [1.807, 2.05) is 31.2 Å². The fourth-order valence-electron chi connectivity index (χ4n) is 2.29. The van der Waals surface area contributed by atoms with Gasteiger partial charge in [-0.05, 0) is 57.1 Å². The molecule has 0 atom stereocenters. The highest BCUT2D eigenvalue weighted by Crippen LogP contribution is 2.20. The molecule has 0 bridgehead atoms. The van der Waals surface area contributed by atoms with Gasteiger partial charge in [-0.3, -0.25) is 0 Å². The Labute approximate surface area is 112 Å². The average Bonchev–Trinajstić information content (AvgIpc) is 2.87. The Bertz CT molecular complexity index is 529. The van der Waals surface area contributed by atoms with Crippen molar-refractivity contribution in [2.24, 2.45) is 0 Å². The van der Waals surface area contributed by atoms with Gasteiger partial charge in [0.15, 0.2) is 5.76 Å². The lowest BCUT2D eigenvalue weighted by Crippen LogP contribution is -2.35. The second-order valence-electron chi connectivity index (χ2n) is 4.88. The molecule has 1 saturated heterocycles. The summed E-state index contributed by atoms with van der Waals surface area (Å²) in [6.07, 6.45) is 2.25. The van der Waals surface area contributed by atoms with E-state index in [4.69, 9.17) is 4.42 Å². The molecule has 0 radical (unpaired) electrons. The molecule has 2 aromatic rings. The number of nitrogens with one attached hydrogen (secondary N) is 2. The molecule has 0 saturated carbocycles. The second-order valence-corrected chi connectivity index (χ2v) is 4.88. The third-order valence-electron chi connectivity index (χ3n) is 3.35. The zero-order valence-corrected chi connectivity index (χ0v) is 11.0. The minimum absolute atomic E-state index is 0.493. The first-order valence-electron chi connectivity index (χ1n) is 6.69. The lowest BCUT2D eigenvalue weighted by Gasteiger charge is -2.23. The van der Waals surface area contributed by atoms with Crippen LogP contribution in [0, 0.1) is 6.92 Å². The average molecular weight is 258 g/mol. The van der Waals surface area contributed by atoms with Crippen LogP contribution < -0.4 is 10.6 Å². The molecule has 0 aliphatic carbocycles. The van der Waals surface area contributed by atoms with Crippen molar-refractivity contribution in [1.29, 1.82) is 0 Å². The maximum Gasteiger partial charge on any atom is 0.154 e. The molecule has 1 aliphatic heterocycles. The van der Waals surface area contributed by atoms with Gasteiger partial charge < -0.3 is 15.1 Å². The van der Waals surface area contributed by atoms with E-state index < -0.39 is 0 Å². The van der Waals surface area contributed by atoms with E-state index in [1.165, 1.54) is 0 Å². The van der Waals surface area contributed by atoms with E-state index in [2.05, 4.69) is 20.8 Å². The lowest BCUT2D eigenvalue weighted by atomic mass is 10.1. The lowest BCUT2D eigenvalue weighted by molar-refractivity contribution is 0.478. The van der Waals surface area contributed by atoms with E-state index in [0.717, 1.165) is 49.0 Å². The molecule has 0 spiro atoms. The number of nitrogens with zero attached hydrogens (tertiary/aromatic N) is 2. The molecule has 1 fully saturated rings. The SMILES string of the molecule is Cc1ccc(-c2ccc(NC3CCNCC3)nn2)o1. The highest BCUT2D eigenvalue weighted by atomic mass is 16.3. The third-order valence-corrected chi connectivity index (χ3v) is 3.35. The fraction of sp³-hybridized carbons (Fsp3) is 0.429. The molecular weight excluding hydrogens is 240 g/mol. The number of hydrogen-bond acceptors (Lipinski definition) is 5. The smallest absolute Gasteiger partial charge is 0.154 e. The van der Waals surface area contributed by atoms with Crippen LogP contribution in [0.2, 0.25) is 0 Å². The van der Waals surface area contributed by atoms with Gasteiger partial charge in [-0.2, -0.15) is 0 Å². The molecule has 5 nitrogen and oxygen atoms in total. The summed E-state index contributed by atoms with van der Waals surface area (Å²) in [6.45, 7) is 4.05. The molecule has 100 valence electrons. The summed E-state index contributed by atoms with van der Waals surface area (Å²) >= 11 is 0. The molecule has 0 aromatic carbocycles. The molecule has 1 aliphatic rings. The van der Waals surface area contributed by atoms with Gasteiger partial charge >= 0.3 is 0 Å². The Morgan fingerprint density at radius 1 is 1.16 bits per heavy atom. The quantitative estimate of drug-likeness (QED) is 0.883. The standard InChI is InChI=1S/C14H18N4O/c1-10-2-4-13(19-10)12-3-5-14(18-17-12)16-11-6-8-15-9-7-11/h2-5,11,15H,6-9H2,1H3,(H,16,18). The first-order chi connectivity index (χ1) is 9.31. The number of aryl methyl sites for hydroxylation is 1. The van der Waals surface area contributed by atoms with Crippen LogP contribution in [0.4, 0.5) is 5.82 Å². The van der Waals surface area contributed by atoms with Crippen LogP contribution in [0.3, 0.4) is 0 Å². The summed E-state index contributed by atoms with van der Waals surface area (Å²) in [6, 6.07) is 8.24. The van der Waals surface area contributed by atoms with Gasteiger partial charge in [0.1, 0.15) is 17.3 Å². The maximum atomic E-state index is 5.53. The van der Waals surface area contributed by atoms with Crippen LogP contribution in [0.25, 0.3) is 11.5 Å². The van der Waals surface area contributed by atoms with Crippen LogP contribution in [0.15, 0.2) is 28.7 Å². The summed E-state index contributed by atoms with van der Waals surface area (Å²) in [5.74, 6) is 2.48. The van der Waals surface area contributed by atoms with Crippen molar-refractivity contribution in [3.8, 4) is 11.5 Å². The number of furan rings is 1. The molecule has 3 heterocycles. The third kappa shape index (κ3) is 2.93. The molecular formula is C14H18N4O. The number of piperidine rings is 1. The number of hydrogen-bond donors (Lipinski definition) is 2. The van der Waals surface area contributed by atoms with Gasteiger partial charge in [-0.25, -0.2) is 0 Å². The largest absolute Gasteiger partial charge is 0.460 e. The van der Waals surface area contributed by atoms with Crippen LogP contribution in [0.1, 0.15) is 18.6 Å². The molecule has 2 N–H and O–H groups in total. The van der Waals surface area contributed by atoms with Crippen molar-refractivity contribution in [3.05, 3.63) is 30.0 Å². The topological polar surface area (TPSA) is 63.0 Å². The minimum atomic E-state index is 0.493. The Balaban J connectivity index is 1.68. The molecule has 3 rings (SSSR count). The van der Waals surface area contributed by atoms with Crippen molar-refractivity contribution in [3.63, 3.8) is 0 Å². The Kier molecular flexibility index (Phi) is 3.46. The molecule has 0 unspecified atom stereocenters. The zero-order chi connectivity index (χ0) is 13.1. The molecule has 0 amide bonds. The predicted molar refractivity (Wildman–Crippen MR) is 74.0 cm³/mol. The maximum absolute atomic E-state index is 5.53. The second kappa shape index (κ2) is 5.40. The van der Waals surface area contributed by atoms with Gasteiger partial charge in [-0.1, -0.05) is 0 Å². The van der Waals surface area contributed by atoms with E-state index in [9.17, 15) is 0 Å². The summed E-state index contributed by atoms with van der Waals surface area (Å²) in [4.78, 5) is 0. The van der Waals surface area contributed by atoms with Gasteiger partial charge in [0.2, 0.25) is 0 Å². The zero-order valence-electron chi connectivity index (χ0n) is 11.0. The molecule has 19 heavy (non-hydrogen) atoms. The Hall–Kier alpha value is -1.88. The number of rotatable bonds is 3. The molecule has 5 heteroatoms. The van der Waals surface area contributed by atoms with E-state index >= 15 is 0 Å². The minimum Gasteiger partial charge on any atom is -0.460 e. The van der Waals surface area contributed by atoms with Gasteiger partial charge in [0, 0.05) is 6.04 Å². The Morgan fingerprint density at radius 3 is 2.63 bits per heavy atom. The van der Waals surface area contributed by atoms with Crippen molar-refractivity contribution in [2.45, 2.75) is 25.8 Å². The van der Waals surface area contributed by atoms with Crippen LogP contribution in [-0.2, 0) is 0 Å². The predicted octanol–water partition coefficient (Wildman–Crippen LogP) is 2.21. The van der Waals surface area contributed by atoms with Gasteiger partial charge in [0.25, 0.3) is 0 Å². The normalized spacial score (nSPS) is 16.5. The van der Waals surface area contributed by atoms with Crippen molar-refractivity contribution < 1.29 is 4.42 Å². The number of anilines is 1. The van der Waals surface area contributed by atoms with Crippen molar-refractivity contribution in [2.75, 3.05) is 18.4 Å². The van der Waals surface area contributed by atoms with Crippen molar-refractivity contribution in [1.82, 2.24) is 15.5 Å². The van der Waals surface area contributed by atoms with Crippen LogP contribution >= 0.6 is 0 Å². The van der Waals surface area contributed by atoms with Gasteiger partial charge in [-0.15, -0.1) is 10.2 Å². The highest BCUT2D eigenvalue weighted by molar-refractivity contribution is 5.53. The highest BCUT2D eigenvalue weighted by Gasteiger charge is 2.13. The van der Waals surface area contributed by atoms with E-state index in [-0.39, 0.29) is 0 Å². The first kappa shape index (κ1) is 12.2. The Morgan fingerprint density at radius 2 is 2.00 bits per heavy atom. The van der Waals surface area contributed by atoms with Crippen LogP contribution in [0.5, 0.6) is 0 Å². The first-order valence-corrected chi connectivity index (χ1v) is 6.69. The monoisotopic (exact) mass is 258 g/mol. The summed E-state index contributed by atoms with van der Waals surface area (Å²) < 4.78 is 5.53. The van der Waals surface area contributed by atoms with E-state index in [0.29, 0.717) is 6.04 Å². The summed E-state index contributed by atoms with van der Waals surface area (Å²) in [5.41, 5.74) is 0.768. The van der Waals surface area contributed by atoms with Crippen LogP contribution in [-0.4, -0.2) is 29.3 Å². The number of aromatic nitrogens is 2. The van der Waals surface area contributed by atoms with Crippen molar-refractivity contribution >= 4 is 5.82 Å². The van der Waals surface area contributed by atoms with E-state index in [1.54, 1.807) is 0 Å². The molecule has 2 aromatic heterocycles. The van der Waals surface area contributed by atoms with Gasteiger partial charge in [0.05, 0.1) is 0 Å².